The third-order valence-corrected chi connectivity index (χ3v) is 2.80. The second kappa shape index (κ2) is 9.23. The van der Waals surface area contributed by atoms with Crippen LogP contribution in [-0.2, 0) is 18.9 Å². The number of carbonyl (C=O) groups is 1. The second-order valence-corrected chi connectivity index (χ2v) is 6.29. The molecule has 1 aliphatic rings. The first-order valence-electron chi connectivity index (χ1n) is 7.67. The average Bonchev–Trinajstić information content (AvgIpc) is 2.37. The van der Waals surface area contributed by atoms with Crippen molar-refractivity contribution in [1.29, 1.82) is 0 Å². The number of carbonyl (C=O) groups excluding carboxylic acids is 1. The second-order valence-electron chi connectivity index (χ2n) is 6.29. The molecule has 0 bridgehead atoms. The Bertz CT molecular complexity index is 297. The van der Waals surface area contributed by atoms with Crippen molar-refractivity contribution < 1.29 is 23.7 Å². The van der Waals surface area contributed by atoms with Crippen LogP contribution in [0.4, 0.5) is 4.79 Å². The zero-order valence-electron chi connectivity index (χ0n) is 13.6. The number of ether oxygens (including phenoxy) is 4. The Morgan fingerprint density at radius 1 is 1.33 bits per heavy atom. The SMILES string of the molecule is CC(COCCO[C@H]1CCCCO1)NC(=O)OC(C)(C)C. The summed E-state index contributed by atoms with van der Waals surface area (Å²) < 4.78 is 21.6. The molecular formula is C15H29NO5. The molecular weight excluding hydrogens is 274 g/mol. The first-order valence-corrected chi connectivity index (χ1v) is 7.67. The normalized spacial score (nSPS) is 20.9. The summed E-state index contributed by atoms with van der Waals surface area (Å²) in [5.74, 6) is 0. The topological polar surface area (TPSA) is 66.0 Å². The molecule has 21 heavy (non-hydrogen) atoms. The van der Waals surface area contributed by atoms with Crippen molar-refractivity contribution in [2.24, 2.45) is 0 Å². The molecule has 0 radical (unpaired) electrons. The number of rotatable bonds is 7. The maximum absolute atomic E-state index is 11.5. The Morgan fingerprint density at radius 2 is 2.10 bits per heavy atom. The van der Waals surface area contributed by atoms with Gasteiger partial charge in [0.15, 0.2) is 6.29 Å². The summed E-state index contributed by atoms with van der Waals surface area (Å²) in [5.41, 5.74) is -0.488. The largest absolute Gasteiger partial charge is 0.444 e. The molecule has 6 heteroatoms. The number of amides is 1. The van der Waals surface area contributed by atoms with Gasteiger partial charge in [0, 0.05) is 6.61 Å². The van der Waals surface area contributed by atoms with Gasteiger partial charge in [-0.05, 0) is 47.0 Å². The highest BCUT2D eigenvalue weighted by Crippen LogP contribution is 2.13. The number of hydrogen-bond donors (Lipinski definition) is 1. The third-order valence-electron chi connectivity index (χ3n) is 2.80. The summed E-state index contributed by atoms with van der Waals surface area (Å²) in [6.07, 6.45) is 2.72. The van der Waals surface area contributed by atoms with Gasteiger partial charge in [0.25, 0.3) is 0 Å². The zero-order chi connectivity index (χ0) is 15.7. The highest BCUT2D eigenvalue weighted by Gasteiger charge is 2.17. The molecule has 1 N–H and O–H groups in total. The molecule has 1 aliphatic heterocycles. The molecule has 2 atom stereocenters. The van der Waals surface area contributed by atoms with E-state index in [9.17, 15) is 4.79 Å². The van der Waals surface area contributed by atoms with Gasteiger partial charge < -0.3 is 24.3 Å². The van der Waals surface area contributed by atoms with Crippen LogP contribution in [0.15, 0.2) is 0 Å². The van der Waals surface area contributed by atoms with Crippen molar-refractivity contribution in [3.8, 4) is 0 Å². The minimum atomic E-state index is -0.488. The van der Waals surface area contributed by atoms with Gasteiger partial charge in [-0.3, -0.25) is 0 Å². The molecule has 0 aliphatic carbocycles. The molecule has 1 rings (SSSR count). The fourth-order valence-corrected chi connectivity index (χ4v) is 1.89. The van der Waals surface area contributed by atoms with Crippen LogP contribution in [0.3, 0.4) is 0 Å². The van der Waals surface area contributed by atoms with Crippen molar-refractivity contribution in [1.82, 2.24) is 5.32 Å². The first-order chi connectivity index (χ1) is 9.87. The standard InChI is InChI=1S/C15H29NO5/c1-12(16-14(17)21-15(2,3)4)11-18-9-10-20-13-7-5-6-8-19-13/h12-13H,5-11H2,1-4H3,(H,16,17)/t12?,13-/m0/s1. The Morgan fingerprint density at radius 3 is 2.71 bits per heavy atom. The van der Waals surface area contributed by atoms with Crippen LogP contribution in [0, 0.1) is 0 Å². The van der Waals surface area contributed by atoms with E-state index in [1.54, 1.807) is 0 Å². The first kappa shape index (κ1) is 18.2. The van der Waals surface area contributed by atoms with Crippen LogP contribution in [0.2, 0.25) is 0 Å². The molecule has 0 aromatic rings. The lowest BCUT2D eigenvalue weighted by Gasteiger charge is -2.23. The summed E-state index contributed by atoms with van der Waals surface area (Å²) in [6.45, 7) is 9.56. The highest BCUT2D eigenvalue weighted by molar-refractivity contribution is 5.68. The van der Waals surface area contributed by atoms with Gasteiger partial charge >= 0.3 is 6.09 Å². The fourth-order valence-electron chi connectivity index (χ4n) is 1.89. The molecule has 1 unspecified atom stereocenters. The summed E-state index contributed by atoms with van der Waals surface area (Å²) in [7, 11) is 0. The molecule has 0 saturated carbocycles. The fraction of sp³-hybridized carbons (Fsp3) is 0.933. The summed E-state index contributed by atoms with van der Waals surface area (Å²) in [6, 6.07) is -0.106. The van der Waals surface area contributed by atoms with E-state index in [0.717, 1.165) is 25.9 Å². The van der Waals surface area contributed by atoms with Gasteiger partial charge in [-0.2, -0.15) is 0 Å². The molecule has 1 saturated heterocycles. The van der Waals surface area contributed by atoms with E-state index in [2.05, 4.69) is 5.32 Å². The van der Waals surface area contributed by atoms with Gasteiger partial charge in [0.1, 0.15) is 5.60 Å². The Hall–Kier alpha value is -0.850. The number of nitrogens with one attached hydrogen (secondary N) is 1. The molecule has 1 heterocycles. The van der Waals surface area contributed by atoms with Gasteiger partial charge in [0.2, 0.25) is 0 Å². The lowest BCUT2D eigenvalue weighted by molar-refractivity contribution is -0.169. The third kappa shape index (κ3) is 9.66. The Balaban J connectivity index is 2.00. The molecule has 1 amide bonds. The molecule has 0 aromatic carbocycles. The van der Waals surface area contributed by atoms with Crippen LogP contribution in [0.1, 0.15) is 47.0 Å². The predicted molar refractivity (Wildman–Crippen MR) is 79.2 cm³/mol. The Labute approximate surface area is 127 Å². The number of alkyl carbamates (subject to hydrolysis) is 1. The molecule has 124 valence electrons. The van der Waals surface area contributed by atoms with Crippen LogP contribution in [-0.4, -0.2) is 50.5 Å². The lowest BCUT2D eigenvalue weighted by atomic mass is 10.2. The molecule has 6 nitrogen and oxygen atoms in total. The van der Waals surface area contributed by atoms with Crippen molar-refractivity contribution in [2.75, 3.05) is 26.4 Å². The number of hydrogen-bond acceptors (Lipinski definition) is 5. The van der Waals surface area contributed by atoms with Crippen molar-refractivity contribution in [2.45, 2.75) is 64.9 Å². The summed E-state index contributed by atoms with van der Waals surface area (Å²) >= 11 is 0. The van der Waals surface area contributed by atoms with E-state index in [1.807, 2.05) is 27.7 Å². The molecule has 1 fully saturated rings. The minimum Gasteiger partial charge on any atom is -0.444 e. The minimum absolute atomic E-state index is 0.0836. The van der Waals surface area contributed by atoms with E-state index in [4.69, 9.17) is 18.9 Å². The monoisotopic (exact) mass is 303 g/mol. The predicted octanol–water partition coefficient (Wildman–Crippen LogP) is 2.46. The zero-order valence-corrected chi connectivity index (χ0v) is 13.6. The smallest absolute Gasteiger partial charge is 0.407 e. The van der Waals surface area contributed by atoms with Gasteiger partial charge in [-0.1, -0.05) is 0 Å². The van der Waals surface area contributed by atoms with Crippen molar-refractivity contribution in [3.63, 3.8) is 0 Å². The maximum Gasteiger partial charge on any atom is 0.407 e. The molecule has 0 aromatic heterocycles. The van der Waals surface area contributed by atoms with Crippen LogP contribution in [0.25, 0.3) is 0 Å². The van der Waals surface area contributed by atoms with E-state index < -0.39 is 11.7 Å². The van der Waals surface area contributed by atoms with Crippen LogP contribution < -0.4 is 5.32 Å². The average molecular weight is 303 g/mol. The van der Waals surface area contributed by atoms with E-state index in [-0.39, 0.29) is 12.3 Å². The summed E-state index contributed by atoms with van der Waals surface area (Å²) in [5, 5.41) is 2.73. The van der Waals surface area contributed by atoms with Crippen LogP contribution >= 0.6 is 0 Å². The van der Waals surface area contributed by atoms with Gasteiger partial charge in [-0.25, -0.2) is 4.79 Å². The van der Waals surface area contributed by atoms with E-state index in [1.165, 1.54) is 0 Å². The van der Waals surface area contributed by atoms with Gasteiger partial charge in [-0.15, -0.1) is 0 Å². The van der Waals surface area contributed by atoms with E-state index in [0.29, 0.717) is 19.8 Å². The van der Waals surface area contributed by atoms with Gasteiger partial charge in [0.05, 0.1) is 25.9 Å². The highest BCUT2D eigenvalue weighted by atomic mass is 16.7. The van der Waals surface area contributed by atoms with Crippen molar-refractivity contribution >= 4 is 6.09 Å². The Kier molecular flexibility index (Phi) is 8.00. The maximum atomic E-state index is 11.5. The molecule has 0 spiro atoms. The van der Waals surface area contributed by atoms with Crippen LogP contribution in [0.5, 0.6) is 0 Å². The van der Waals surface area contributed by atoms with Crippen molar-refractivity contribution in [3.05, 3.63) is 0 Å². The van der Waals surface area contributed by atoms with E-state index >= 15 is 0 Å². The quantitative estimate of drug-likeness (QED) is 0.732. The lowest BCUT2D eigenvalue weighted by Crippen LogP contribution is -2.40. The summed E-state index contributed by atoms with van der Waals surface area (Å²) in [4.78, 5) is 11.5.